The van der Waals surface area contributed by atoms with Crippen molar-refractivity contribution in [3.63, 3.8) is 0 Å². The van der Waals surface area contributed by atoms with Crippen molar-refractivity contribution >= 4 is 37.9 Å². The summed E-state index contributed by atoms with van der Waals surface area (Å²) < 4.78 is 43.3. The van der Waals surface area contributed by atoms with E-state index in [1.54, 1.807) is 42.5 Å². The third-order valence-electron chi connectivity index (χ3n) is 5.99. The van der Waals surface area contributed by atoms with E-state index < -0.39 is 10.0 Å². The number of hydrogen-bond donors (Lipinski definition) is 1. The molecule has 1 N–H and O–H groups in total. The van der Waals surface area contributed by atoms with Gasteiger partial charge in [-0.1, -0.05) is 36.4 Å². The molecule has 0 fully saturated rings. The maximum Gasteiger partial charge on any atom is 0.262 e. The lowest BCUT2D eigenvalue weighted by Gasteiger charge is -2.19. The van der Waals surface area contributed by atoms with Crippen molar-refractivity contribution in [1.29, 1.82) is 0 Å². The number of nitrogens with zero attached hydrogens (tertiary/aromatic N) is 2. The van der Waals surface area contributed by atoms with Crippen LogP contribution in [-0.2, 0) is 16.4 Å². The van der Waals surface area contributed by atoms with Gasteiger partial charge in [0.2, 0.25) is 0 Å². The van der Waals surface area contributed by atoms with Gasteiger partial charge < -0.3 is 4.90 Å². The highest BCUT2D eigenvalue weighted by Crippen LogP contribution is 2.31. The lowest BCUT2D eigenvalue weighted by atomic mass is 9.93. The zero-order valence-corrected chi connectivity index (χ0v) is 19.7. The van der Waals surface area contributed by atoms with Gasteiger partial charge in [0.25, 0.3) is 10.0 Å². The summed E-state index contributed by atoms with van der Waals surface area (Å²) in [5.41, 5.74) is 4.68. The molecule has 0 amide bonds. The first-order chi connectivity index (χ1) is 16.3. The Morgan fingerprint density at radius 3 is 2.50 bits per heavy atom. The number of sulfonamides is 1. The molecule has 0 atom stereocenters. The fourth-order valence-electron chi connectivity index (χ4n) is 4.45. The second kappa shape index (κ2) is 8.57. The number of anilines is 2. The summed E-state index contributed by atoms with van der Waals surface area (Å²) in [4.78, 5) is 6.83. The average Bonchev–Trinajstić information content (AvgIpc) is 2.82. The standard InChI is InChI=1S/C27H24FN3O2S/c1-31(2)25-10-4-9-24-23(25)8-5-11-26(24)34(32,33)30-21-7-3-6-19(17-21)27-22-13-12-20(28)16-18(22)14-15-29-27/h3-13,16-17,30H,14-15H2,1-2H3. The summed E-state index contributed by atoms with van der Waals surface area (Å²) >= 11 is 0. The summed E-state index contributed by atoms with van der Waals surface area (Å²) in [7, 11) is 0.00755. The summed E-state index contributed by atoms with van der Waals surface area (Å²) in [6.07, 6.45) is 0.679. The van der Waals surface area contributed by atoms with Gasteiger partial charge in [0.05, 0.1) is 10.6 Å². The van der Waals surface area contributed by atoms with Crippen LogP contribution in [0.5, 0.6) is 0 Å². The summed E-state index contributed by atoms with van der Waals surface area (Å²) in [6.45, 7) is 0.561. The van der Waals surface area contributed by atoms with Gasteiger partial charge in [-0.15, -0.1) is 0 Å². The molecule has 0 bridgehead atoms. The molecule has 1 heterocycles. The third-order valence-corrected chi connectivity index (χ3v) is 7.43. The van der Waals surface area contributed by atoms with Crippen molar-refractivity contribution in [2.24, 2.45) is 4.99 Å². The van der Waals surface area contributed by atoms with Gasteiger partial charge >= 0.3 is 0 Å². The fraction of sp³-hybridized carbons (Fsp3) is 0.148. The number of halogens is 1. The fourth-order valence-corrected chi connectivity index (χ4v) is 5.72. The second-order valence-electron chi connectivity index (χ2n) is 8.49. The molecular weight excluding hydrogens is 449 g/mol. The van der Waals surface area contributed by atoms with Crippen molar-refractivity contribution in [2.45, 2.75) is 11.3 Å². The van der Waals surface area contributed by atoms with E-state index >= 15 is 0 Å². The van der Waals surface area contributed by atoms with Gasteiger partial charge in [-0.05, 0) is 54.4 Å². The van der Waals surface area contributed by atoms with E-state index in [2.05, 4.69) is 9.71 Å². The van der Waals surface area contributed by atoms with Crippen molar-refractivity contribution in [3.05, 3.63) is 101 Å². The molecule has 0 unspecified atom stereocenters. The molecule has 34 heavy (non-hydrogen) atoms. The molecule has 1 aliphatic heterocycles. The lowest BCUT2D eigenvalue weighted by molar-refractivity contribution is 0.602. The van der Waals surface area contributed by atoms with E-state index in [-0.39, 0.29) is 10.7 Å². The van der Waals surface area contributed by atoms with Gasteiger partial charge in [-0.3, -0.25) is 9.71 Å². The van der Waals surface area contributed by atoms with E-state index in [0.717, 1.165) is 33.5 Å². The van der Waals surface area contributed by atoms with Crippen molar-refractivity contribution in [1.82, 2.24) is 0 Å². The van der Waals surface area contributed by atoms with Crippen molar-refractivity contribution in [3.8, 4) is 0 Å². The molecule has 1 aliphatic rings. The molecular formula is C27H24FN3O2S. The molecule has 5 rings (SSSR count). The number of fused-ring (bicyclic) bond motifs is 2. The molecule has 0 saturated carbocycles. The predicted octanol–water partition coefficient (Wildman–Crippen LogP) is 5.24. The Balaban J connectivity index is 1.52. The number of benzene rings is 4. The zero-order chi connectivity index (χ0) is 23.9. The van der Waals surface area contributed by atoms with Crippen LogP contribution < -0.4 is 9.62 Å². The number of rotatable bonds is 5. The number of hydrogen-bond acceptors (Lipinski definition) is 4. The Kier molecular flexibility index (Phi) is 5.57. The van der Waals surface area contributed by atoms with E-state index in [9.17, 15) is 12.8 Å². The van der Waals surface area contributed by atoms with Gasteiger partial charge in [0, 0.05) is 53.9 Å². The van der Waals surface area contributed by atoms with Crippen LogP contribution in [0.3, 0.4) is 0 Å². The van der Waals surface area contributed by atoms with Crippen LogP contribution in [0.25, 0.3) is 10.8 Å². The molecule has 0 aliphatic carbocycles. The van der Waals surface area contributed by atoms with Crippen LogP contribution in [0.2, 0.25) is 0 Å². The molecule has 4 aromatic rings. The molecule has 4 aromatic carbocycles. The van der Waals surface area contributed by atoms with Crippen LogP contribution in [0.1, 0.15) is 16.7 Å². The monoisotopic (exact) mass is 473 g/mol. The number of nitrogens with one attached hydrogen (secondary N) is 1. The van der Waals surface area contributed by atoms with Crippen LogP contribution in [0.4, 0.5) is 15.8 Å². The summed E-state index contributed by atoms with van der Waals surface area (Å²) in [6, 6.07) is 22.8. The van der Waals surface area contributed by atoms with Crippen LogP contribution >= 0.6 is 0 Å². The normalized spacial score (nSPS) is 13.3. The number of aliphatic imine (C=N–C) groups is 1. The van der Waals surface area contributed by atoms with Crippen LogP contribution in [0, 0.1) is 5.82 Å². The predicted molar refractivity (Wildman–Crippen MR) is 136 cm³/mol. The van der Waals surface area contributed by atoms with Crippen LogP contribution in [-0.4, -0.2) is 34.8 Å². The molecule has 0 radical (unpaired) electrons. The molecule has 172 valence electrons. The third kappa shape index (κ3) is 4.03. The Morgan fingerprint density at radius 2 is 1.68 bits per heavy atom. The quantitative estimate of drug-likeness (QED) is 0.431. The first-order valence-electron chi connectivity index (χ1n) is 11.0. The average molecular weight is 474 g/mol. The molecule has 5 nitrogen and oxygen atoms in total. The highest BCUT2D eigenvalue weighted by atomic mass is 32.2. The first-order valence-corrected chi connectivity index (χ1v) is 12.5. The maximum absolute atomic E-state index is 13.7. The highest BCUT2D eigenvalue weighted by Gasteiger charge is 2.20. The Hall–Kier alpha value is -3.71. The minimum Gasteiger partial charge on any atom is -0.377 e. The van der Waals surface area contributed by atoms with E-state index in [0.29, 0.717) is 24.0 Å². The minimum atomic E-state index is -3.85. The highest BCUT2D eigenvalue weighted by molar-refractivity contribution is 7.93. The smallest absolute Gasteiger partial charge is 0.262 e. The largest absolute Gasteiger partial charge is 0.377 e. The van der Waals surface area contributed by atoms with Gasteiger partial charge in [0.15, 0.2) is 0 Å². The summed E-state index contributed by atoms with van der Waals surface area (Å²) in [5.74, 6) is -0.269. The first kappa shape index (κ1) is 22.1. The van der Waals surface area contributed by atoms with E-state index in [1.165, 1.54) is 6.07 Å². The second-order valence-corrected chi connectivity index (χ2v) is 10.1. The van der Waals surface area contributed by atoms with Gasteiger partial charge in [-0.25, -0.2) is 12.8 Å². The van der Waals surface area contributed by atoms with E-state index in [1.807, 2.05) is 49.3 Å². The van der Waals surface area contributed by atoms with Crippen molar-refractivity contribution < 1.29 is 12.8 Å². The van der Waals surface area contributed by atoms with Gasteiger partial charge in [-0.2, -0.15) is 0 Å². The topological polar surface area (TPSA) is 61.8 Å². The Labute approximate surface area is 198 Å². The van der Waals surface area contributed by atoms with Crippen molar-refractivity contribution in [2.75, 3.05) is 30.3 Å². The SMILES string of the molecule is CN(C)c1cccc2c(S(=O)(=O)Nc3cccc(C4=NCCc5cc(F)ccc54)c3)cccc12. The van der Waals surface area contributed by atoms with Gasteiger partial charge in [0.1, 0.15) is 5.82 Å². The summed E-state index contributed by atoms with van der Waals surface area (Å²) in [5, 5.41) is 1.52. The Morgan fingerprint density at radius 1 is 0.912 bits per heavy atom. The molecule has 0 aromatic heterocycles. The molecule has 0 spiro atoms. The molecule has 0 saturated heterocycles. The zero-order valence-electron chi connectivity index (χ0n) is 18.9. The van der Waals surface area contributed by atoms with E-state index in [4.69, 9.17) is 0 Å². The van der Waals surface area contributed by atoms with Crippen LogP contribution in [0.15, 0.2) is 88.8 Å². The maximum atomic E-state index is 13.7. The Bertz CT molecular complexity index is 1550. The lowest BCUT2D eigenvalue weighted by Crippen LogP contribution is -2.16. The molecule has 7 heteroatoms. The minimum absolute atomic E-state index is 0.218.